The van der Waals surface area contributed by atoms with Crippen LogP contribution >= 0.6 is 15.9 Å². The standard InChI is InChI=1S/C14H14BrFO2/c1-3-10-5-7-13(18-10)14(15)9-4-6-12(17-2)11(16)8-9/h4-8,14H,3H2,1-2H3. The molecule has 0 spiro atoms. The average Bonchev–Trinajstić information content (AvgIpc) is 2.86. The molecule has 1 unspecified atom stereocenters. The van der Waals surface area contributed by atoms with Crippen molar-refractivity contribution in [3.63, 3.8) is 0 Å². The third-order valence-corrected chi connectivity index (χ3v) is 3.73. The van der Waals surface area contributed by atoms with E-state index in [1.807, 2.05) is 25.1 Å². The first-order valence-electron chi connectivity index (χ1n) is 5.71. The molecule has 0 radical (unpaired) electrons. The molecular formula is C14H14BrFO2. The Morgan fingerprint density at radius 2 is 2.11 bits per heavy atom. The van der Waals surface area contributed by atoms with Gasteiger partial charge in [0.2, 0.25) is 0 Å². The molecule has 4 heteroatoms. The molecule has 0 aliphatic rings. The first kappa shape index (κ1) is 13.1. The molecule has 0 fully saturated rings. The van der Waals surface area contributed by atoms with Crippen molar-refractivity contribution in [3.05, 3.63) is 53.2 Å². The minimum atomic E-state index is -0.373. The van der Waals surface area contributed by atoms with Crippen LogP contribution in [0.5, 0.6) is 5.75 Å². The zero-order valence-corrected chi connectivity index (χ0v) is 11.8. The number of rotatable bonds is 4. The minimum Gasteiger partial charge on any atom is -0.494 e. The van der Waals surface area contributed by atoms with Gasteiger partial charge >= 0.3 is 0 Å². The lowest BCUT2D eigenvalue weighted by Crippen LogP contribution is -1.94. The summed E-state index contributed by atoms with van der Waals surface area (Å²) in [4.78, 5) is -0.154. The van der Waals surface area contributed by atoms with Gasteiger partial charge in [-0.3, -0.25) is 0 Å². The van der Waals surface area contributed by atoms with Crippen LogP contribution in [0.3, 0.4) is 0 Å². The molecule has 0 bridgehead atoms. The van der Waals surface area contributed by atoms with Crippen molar-refractivity contribution in [1.29, 1.82) is 0 Å². The Labute approximate surface area is 114 Å². The van der Waals surface area contributed by atoms with Crippen LogP contribution in [0.15, 0.2) is 34.7 Å². The molecule has 0 aliphatic heterocycles. The number of furan rings is 1. The topological polar surface area (TPSA) is 22.4 Å². The number of halogens is 2. The Morgan fingerprint density at radius 1 is 1.33 bits per heavy atom. The van der Waals surface area contributed by atoms with Gasteiger partial charge in [-0.1, -0.05) is 28.9 Å². The number of alkyl halides is 1. The maximum absolute atomic E-state index is 13.6. The van der Waals surface area contributed by atoms with Gasteiger partial charge in [0.25, 0.3) is 0 Å². The second kappa shape index (κ2) is 5.57. The van der Waals surface area contributed by atoms with Crippen molar-refractivity contribution in [3.8, 4) is 5.75 Å². The highest BCUT2D eigenvalue weighted by molar-refractivity contribution is 9.09. The first-order chi connectivity index (χ1) is 8.65. The fraction of sp³-hybridized carbons (Fsp3) is 0.286. The molecule has 1 atom stereocenters. The molecule has 0 amide bonds. The quantitative estimate of drug-likeness (QED) is 0.777. The summed E-state index contributed by atoms with van der Waals surface area (Å²) >= 11 is 3.52. The Bertz CT molecular complexity index is 536. The van der Waals surface area contributed by atoms with E-state index in [1.165, 1.54) is 13.2 Å². The summed E-state index contributed by atoms with van der Waals surface area (Å²) in [5, 5.41) is 0. The monoisotopic (exact) mass is 312 g/mol. The lowest BCUT2D eigenvalue weighted by molar-refractivity contribution is 0.386. The number of methoxy groups -OCH3 is 1. The molecule has 1 heterocycles. The van der Waals surface area contributed by atoms with Gasteiger partial charge in [0.1, 0.15) is 11.5 Å². The highest BCUT2D eigenvalue weighted by atomic mass is 79.9. The van der Waals surface area contributed by atoms with E-state index in [-0.39, 0.29) is 16.4 Å². The number of benzene rings is 1. The second-order valence-electron chi connectivity index (χ2n) is 3.91. The molecule has 2 aromatic rings. The summed E-state index contributed by atoms with van der Waals surface area (Å²) in [6.07, 6.45) is 0.844. The van der Waals surface area contributed by atoms with E-state index in [4.69, 9.17) is 9.15 Å². The van der Waals surface area contributed by atoms with Gasteiger partial charge in [-0.15, -0.1) is 0 Å². The van der Waals surface area contributed by atoms with E-state index in [9.17, 15) is 4.39 Å². The molecule has 18 heavy (non-hydrogen) atoms. The van der Waals surface area contributed by atoms with E-state index in [2.05, 4.69) is 15.9 Å². The molecule has 0 aliphatic carbocycles. The molecule has 1 aromatic heterocycles. The SMILES string of the molecule is CCc1ccc(C(Br)c2ccc(OC)c(F)c2)o1. The predicted octanol–water partition coefficient (Wildman–Crippen LogP) is 4.47. The smallest absolute Gasteiger partial charge is 0.165 e. The Kier molecular flexibility index (Phi) is 4.07. The third kappa shape index (κ3) is 2.58. The van der Waals surface area contributed by atoms with Gasteiger partial charge in [0, 0.05) is 6.42 Å². The Hall–Kier alpha value is -1.29. The highest BCUT2D eigenvalue weighted by Crippen LogP contribution is 2.33. The number of hydrogen-bond acceptors (Lipinski definition) is 2. The normalized spacial score (nSPS) is 12.4. The molecule has 0 saturated heterocycles. The van der Waals surface area contributed by atoms with Crippen LogP contribution in [0, 0.1) is 5.82 Å². The lowest BCUT2D eigenvalue weighted by Gasteiger charge is -2.09. The Balaban J connectivity index is 2.27. The van der Waals surface area contributed by atoms with Crippen molar-refractivity contribution < 1.29 is 13.5 Å². The van der Waals surface area contributed by atoms with E-state index in [0.29, 0.717) is 0 Å². The molecule has 1 aromatic carbocycles. The summed E-state index contributed by atoms with van der Waals surface area (Å²) in [7, 11) is 1.45. The minimum absolute atomic E-state index is 0.154. The fourth-order valence-electron chi connectivity index (χ4n) is 1.73. The zero-order valence-electron chi connectivity index (χ0n) is 10.2. The van der Waals surface area contributed by atoms with Crippen LogP contribution < -0.4 is 4.74 Å². The Morgan fingerprint density at radius 3 is 2.67 bits per heavy atom. The molecule has 2 rings (SSSR count). The molecule has 0 saturated carbocycles. The molecule has 96 valence electrons. The highest BCUT2D eigenvalue weighted by Gasteiger charge is 2.16. The number of ether oxygens (including phenoxy) is 1. The van der Waals surface area contributed by atoms with Gasteiger partial charge in [0.15, 0.2) is 11.6 Å². The van der Waals surface area contributed by atoms with Crippen molar-refractivity contribution in [1.82, 2.24) is 0 Å². The lowest BCUT2D eigenvalue weighted by atomic mass is 10.1. The van der Waals surface area contributed by atoms with E-state index in [0.717, 1.165) is 23.5 Å². The first-order valence-corrected chi connectivity index (χ1v) is 6.63. The van der Waals surface area contributed by atoms with Crippen LogP contribution in [-0.2, 0) is 6.42 Å². The summed E-state index contributed by atoms with van der Waals surface area (Å²) < 4.78 is 24.2. The zero-order chi connectivity index (χ0) is 13.1. The van der Waals surface area contributed by atoms with Gasteiger partial charge in [-0.25, -0.2) is 4.39 Å². The van der Waals surface area contributed by atoms with Gasteiger partial charge in [-0.05, 0) is 29.8 Å². The summed E-state index contributed by atoms with van der Waals surface area (Å²) in [5.41, 5.74) is 0.797. The van der Waals surface area contributed by atoms with Crippen LogP contribution in [0.1, 0.15) is 28.8 Å². The maximum atomic E-state index is 13.6. The third-order valence-electron chi connectivity index (χ3n) is 2.75. The van der Waals surface area contributed by atoms with Crippen molar-refractivity contribution in [2.24, 2.45) is 0 Å². The fourth-order valence-corrected chi connectivity index (χ4v) is 2.26. The maximum Gasteiger partial charge on any atom is 0.165 e. The van der Waals surface area contributed by atoms with Gasteiger partial charge in [0.05, 0.1) is 11.9 Å². The van der Waals surface area contributed by atoms with E-state index < -0.39 is 0 Å². The van der Waals surface area contributed by atoms with E-state index in [1.54, 1.807) is 6.07 Å². The van der Waals surface area contributed by atoms with Crippen LogP contribution in [0.4, 0.5) is 4.39 Å². The predicted molar refractivity (Wildman–Crippen MR) is 71.8 cm³/mol. The molecule has 2 nitrogen and oxygen atoms in total. The largest absolute Gasteiger partial charge is 0.494 e. The number of hydrogen-bond donors (Lipinski definition) is 0. The van der Waals surface area contributed by atoms with Crippen LogP contribution in [-0.4, -0.2) is 7.11 Å². The second-order valence-corrected chi connectivity index (χ2v) is 4.83. The summed E-state index contributed by atoms with van der Waals surface area (Å²) in [6.45, 7) is 2.03. The summed E-state index contributed by atoms with van der Waals surface area (Å²) in [5.74, 6) is 1.56. The van der Waals surface area contributed by atoms with Gasteiger partial charge in [-0.2, -0.15) is 0 Å². The average molecular weight is 313 g/mol. The van der Waals surface area contributed by atoms with Gasteiger partial charge < -0.3 is 9.15 Å². The van der Waals surface area contributed by atoms with E-state index >= 15 is 0 Å². The van der Waals surface area contributed by atoms with Crippen molar-refractivity contribution in [2.45, 2.75) is 18.2 Å². The van der Waals surface area contributed by atoms with Crippen molar-refractivity contribution >= 4 is 15.9 Å². The molecular weight excluding hydrogens is 299 g/mol. The van der Waals surface area contributed by atoms with Crippen LogP contribution in [0.2, 0.25) is 0 Å². The van der Waals surface area contributed by atoms with Crippen molar-refractivity contribution in [2.75, 3.05) is 7.11 Å². The number of aryl methyl sites for hydroxylation is 1. The van der Waals surface area contributed by atoms with Crippen LogP contribution in [0.25, 0.3) is 0 Å². The summed E-state index contributed by atoms with van der Waals surface area (Å²) in [6, 6.07) is 8.72. The molecule has 0 N–H and O–H groups in total.